The van der Waals surface area contributed by atoms with Crippen molar-refractivity contribution in [1.82, 2.24) is 15.3 Å². The molecule has 24 heavy (non-hydrogen) atoms. The van der Waals surface area contributed by atoms with Crippen molar-refractivity contribution in [2.45, 2.75) is 38.4 Å². The van der Waals surface area contributed by atoms with Crippen molar-refractivity contribution in [3.8, 4) is 0 Å². The minimum Gasteiger partial charge on any atom is -0.348 e. The molecule has 128 valence electrons. The zero-order valence-electron chi connectivity index (χ0n) is 12.8. The predicted octanol–water partition coefficient (Wildman–Crippen LogP) is 3.87. The molecule has 0 aromatic carbocycles. The van der Waals surface area contributed by atoms with Crippen LogP contribution < -0.4 is 5.32 Å². The number of carbonyl (C=O) groups excluding carboxylic acids is 1. The number of hydrogen-bond donors (Lipinski definition) is 2. The van der Waals surface area contributed by atoms with Gasteiger partial charge in [0.2, 0.25) is 0 Å². The van der Waals surface area contributed by atoms with Gasteiger partial charge in [0.15, 0.2) is 0 Å². The van der Waals surface area contributed by atoms with Gasteiger partial charge >= 0.3 is 6.18 Å². The highest BCUT2D eigenvalue weighted by Crippen LogP contribution is 2.29. The van der Waals surface area contributed by atoms with E-state index in [1.54, 1.807) is 6.92 Å². The number of amides is 1. The number of nitrogens with zero attached hydrogens (tertiary/aromatic N) is 1. The van der Waals surface area contributed by atoms with Crippen molar-refractivity contribution in [3.63, 3.8) is 0 Å². The van der Waals surface area contributed by atoms with Crippen molar-refractivity contribution >= 4 is 17.5 Å². The van der Waals surface area contributed by atoms with E-state index in [0.29, 0.717) is 34.0 Å². The summed E-state index contributed by atoms with van der Waals surface area (Å²) < 4.78 is 37.6. The minimum absolute atomic E-state index is 0.214. The minimum atomic E-state index is -4.46. The van der Waals surface area contributed by atoms with Crippen LogP contribution in [0.2, 0.25) is 5.15 Å². The number of hydrogen-bond acceptors (Lipinski definition) is 2. The van der Waals surface area contributed by atoms with E-state index in [9.17, 15) is 18.0 Å². The molecule has 3 rings (SSSR count). The summed E-state index contributed by atoms with van der Waals surface area (Å²) in [4.78, 5) is 18.4. The molecule has 0 spiro atoms. The molecule has 0 radical (unpaired) electrons. The Bertz CT molecular complexity index is 764. The normalized spacial score (nSPS) is 14.7. The molecule has 2 N–H and O–H groups in total. The zero-order chi connectivity index (χ0) is 17.5. The lowest BCUT2D eigenvalue weighted by Gasteiger charge is -2.07. The quantitative estimate of drug-likeness (QED) is 0.872. The number of carbonyl (C=O) groups is 1. The fourth-order valence-electron chi connectivity index (χ4n) is 2.42. The Morgan fingerprint density at radius 2 is 2.12 bits per heavy atom. The van der Waals surface area contributed by atoms with Gasteiger partial charge in [0.25, 0.3) is 5.91 Å². The van der Waals surface area contributed by atoms with Crippen LogP contribution in [0.15, 0.2) is 18.3 Å². The van der Waals surface area contributed by atoms with Gasteiger partial charge < -0.3 is 10.3 Å². The Balaban J connectivity index is 1.79. The molecule has 1 aliphatic carbocycles. The number of H-pyrrole nitrogens is 1. The summed E-state index contributed by atoms with van der Waals surface area (Å²) in [5, 5.41) is 3.19. The van der Waals surface area contributed by atoms with Gasteiger partial charge in [0.05, 0.1) is 0 Å². The summed E-state index contributed by atoms with van der Waals surface area (Å²) in [5.74, 6) is -0.214. The standard InChI is InChI=1S/C16H15ClF3N3O/c1-8-11(6-9-2-5-12(21-7-9)16(18,19)20)14(17)23-13(8)15(24)22-10-3-4-10/h2,5,7,10,23H,3-4,6H2,1H3,(H,22,24). The van der Waals surface area contributed by atoms with Gasteiger partial charge in [-0.25, -0.2) is 0 Å². The van der Waals surface area contributed by atoms with Crippen molar-refractivity contribution < 1.29 is 18.0 Å². The maximum atomic E-state index is 12.5. The molecule has 0 aliphatic heterocycles. The van der Waals surface area contributed by atoms with Crippen LogP contribution >= 0.6 is 11.6 Å². The van der Waals surface area contributed by atoms with E-state index in [1.807, 2.05) is 0 Å². The molecule has 0 saturated heterocycles. The van der Waals surface area contributed by atoms with Crippen LogP contribution in [0.4, 0.5) is 13.2 Å². The van der Waals surface area contributed by atoms with Crippen molar-refractivity contribution in [2.24, 2.45) is 0 Å². The van der Waals surface area contributed by atoms with Gasteiger partial charge in [-0.2, -0.15) is 13.2 Å². The van der Waals surface area contributed by atoms with Crippen LogP contribution in [0.5, 0.6) is 0 Å². The lowest BCUT2D eigenvalue weighted by molar-refractivity contribution is -0.141. The fourth-order valence-corrected chi connectivity index (χ4v) is 2.72. The number of halogens is 4. The first-order chi connectivity index (χ1) is 11.3. The summed E-state index contributed by atoms with van der Waals surface area (Å²) in [6, 6.07) is 2.52. The highest BCUT2D eigenvalue weighted by atomic mass is 35.5. The van der Waals surface area contributed by atoms with Crippen LogP contribution in [0.25, 0.3) is 0 Å². The van der Waals surface area contributed by atoms with E-state index in [-0.39, 0.29) is 11.9 Å². The average molecular weight is 358 g/mol. The van der Waals surface area contributed by atoms with Crippen LogP contribution in [-0.4, -0.2) is 21.9 Å². The molecular weight excluding hydrogens is 343 g/mol. The maximum absolute atomic E-state index is 12.5. The molecular formula is C16H15ClF3N3O. The molecule has 2 heterocycles. The van der Waals surface area contributed by atoms with E-state index >= 15 is 0 Å². The van der Waals surface area contributed by atoms with Gasteiger partial charge in [-0.05, 0) is 42.5 Å². The number of pyridine rings is 1. The second-order valence-electron chi connectivity index (χ2n) is 5.89. The SMILES string of the molecule is Cc1c(C(=O)NC2CC2)[nH]c(Cl)c1Cc1ccc(C(F)(F)F)nc1. The first-order valence-electron chi connectivity index (χ1n) is 7.45. The van der Waals surface area contributed by atoms with Gasteiger partial charge in [0, 0.05) is 18.7 Å². The second-order valence-corrected chi connectivity index (χ2v) is 6.27. The molecule has 2 aromatic heterocycles. The molecule has 0 atom stereocenters. The lowest BCUT2D eigenvalue weighted by Crippen LogP contribution is -2.26. The van der Waals surface area contributed by atoms with Crippen LogP contribution in [-0.2, 0) is 12.6 Å². The highest BCUT2D eigenvalue weighted by molar-refractivity contribution is 6.30. The molecule has 8 heteroatoms. The molecule has 1 fully saturated rings. The van der Waals surface area contributed by atoms with E-state index < -0.39 is 11.9 Å². The molecule has 1 aliphatic rings. The molecule has 0 unspecified atom stereocenters. The Hall–Kier alpha value is -2.02. The first-order valence-corrected chi connectivity index (χ1v) is 7.83. The van der Waals surface area contributed by atoms with Gasteiger partial charge in [0.1, 0.15) is 16.5 Å². The second kappa shape index (κ2) is 6.12. The largest absolute Gasteiger partial charge is 0.433 e. The third-order valence-corrected chi connectivity index (χ3v) is 4.29. The molecule has 0 bridgehead atoms. The van der Waals surface area contributed by atoms with Crippen molar-refractivity contribution in [1.29, 1.82) is 0 Å². The molecule has 1 saturated carbocycles. The van der Waals surface area contributed by atoms with Crippen LogP contribution in [0.3, 0.4) is 0 Å². The Kier molecular flexibility index (Phi) is 4.29. The highest BCUT2D eigenvalue weighted by Gasteiger charge is 2.32. The molecule has 1 amide bonds. The average Bonchev–Trinajstić information content (AvgIpc) is 3.28. The summed E-state index contributed by atoms with van der Waals surface area (Å²) in [7, 11) is 0. The van der Waals surface area contributed by atoms with Gasteiger partial charge in [-0.3, -0.25) is 9.78 Å². The molecule has 4 nitrogen and oxygen atoms in total. The molecule has 2 aromatic rings. The van der Waals surface area contributed by atoms with Crippen molar-refractivity contribution in [3.05, 3.63) is 51.6 Å². The smallest absolute Gasteiger partial charge is 0.348 e. The van der Waals surface area contributed by atoms with Gasteiger partial charge in [-0.15, -0.1) is 0 Å². The lowest BCUT2D eigenvalue weighted by atomic mass is 10.0. The summed E-state index contributed by atoms with van der Waals surface area (Å²) in [6.07, 6.45) is -1.04. The maximum Gasteiger partial charge on any atom is 0.433 e. The van der Waals surface area contributed by atoms with Gasteiger partial charge in [-0.1, -0.05) is 17.7 Å². The first kappa shape index (κ1) is 16.8. The summed E-state index contributed by atoms with van der Waals surface area (Å²) in [5.41, 5.74) is 1.41. The summed E-state index contributed by atoms with van der Waals surface area (Å²) >= 11 is 6.16. The number of alkyl halides is 3. The monoisotopic (exact) mass is 357 g/mol. The Morgan fingerprint density at radius 1 is 1.42 bits per heavy atom. The number of rotatable bonds is 4. The number of aromatic nitrogens is 2. The number of nitrogens with one attached hydrogen (secondary N) is 2. The predicted molar refractivity (Wildman–Crippen MR) is 83.1 cm³/mol. The van der Waals surface area contributed by atoms with E-state index in [1.165, 1.54) is 12.3 Å². The Morgan fingerprint density at radius 3 is 2.67 bits per heavy atom. The fraction of sp³-hybridized carbons (Fsp3) is 0.375. The summed E-state index contributed by atoms with van der Waals surface area (Å²) in [6.45, 7) is 1.76. The van der Waals surface area contributed by atoms with Crippen LogP contribution in [0, 0.1) is 6.92 Å². The third-order valence-electron chi connectivity index (χ3n) is 3.96. The van der Waals surface area contributed by atoms with E-state index in [2.05, 4.69) is 15.3 Å². The zero-order valence-corrected chi connectivity index (χ0v) is 13.6. The third kappa shape index (κ3) is 3.56. The van der Waals surface area contributed by atoms with E-state index in [4.69, 9.17) is 11.6 Å². The van der Waals surface area contributed by atoms with Crippen LogP contribution in [0.1, 0.15) is 45.7 Å². The van der Waals surface area contributed by atoms with E-state index in [0.717, 1.165) is 18.9 Å². The van der Waals surface area contributed by atoms with Crippen molar-refractivity contribution in [2.75, 3.05) is 0 Å². The number of aromatic amines is 1. The topological polar surface area (TPSA) is 57.8 Å². The Labute approximate surface area is 141 Å².